The topological polar surface area (TPSA) is 174 Å². The Labute approximate surface area is 130 Å². The molecule has 0 spiro atoms. The number of benzene rings is 1. The molecule has 0 fully saturated rings. The molecule has 0 saturated carbocycles. The fraction of sp³-hybridized carbons (Fsp3) is 0.400. The quantitative estimate of drug-likeness (QED) is 0.246. The fourth-order valence-corrected chi connectivity index (χ4v) is 3.20. The van der Waals surface area contributed by atoms with Gasteiger partial charge < -0.3 is 24.0 Å². The van der Waals surface area contributed by atoms with E-state index in [0.29, 0.717) is 0 Å². The van der Waals surface area contributed by atoms with Crippen molar-refractivity contribution in [2.45, 2.75) is 19.6 Å². The van der Waals surface area contributed by atoms with E-state index in [1.54, 1.807) is 0 Å². The highest BCUT2D eigenvalue weighted by molar-refractivity contribution is 7.58. The Balaban J connectivity index is 2.94. The summed E-state index contributed by atoms with van der Waals surface area (Å²) in [6, 6.07) is 5.41. The molecule has 0 aromatic heterocycles. The second-order valence-corrected chi connectivity index (χ2v) is 6.71. The third-order valence-corrected chi connectivity index (χ3v) is 4.47. The van der Waals surface area contributed by atoms with Crippen LogP contribution in [0.5, 0.6) is 0 Å². The van der Waals surface area contributed by atoms with E-state index in [1.165, 1.54) is 31.2 Å². The average Bonchev–Trinajstić information content (AvgIpc) is 2.35. The van der Waals surface area contributed by atoms with Gasteiger partial charge in [0, 0.05) is 24.7 Å². The van der Waals surface area contributed by atoms with Crippen molar-refractivity contribution in [3.63, 3.8) is 0 Å². The zero-order valence-electron chi connectivity index (χ0n) is 11.7. The summed E-state index contributed by atoms with van der Waals surface area (Å²) in [5.41, 5.74) is -0.218. The molecule has 130 valence electrons. The first-order chi connectivity index (χ1) is 10.5. The molecule has 1 aromatic rings. The van der Waals surface area contributed by atoms with E-state index in [0.717, 1.165) is 0 Å². The zero-order valence-corrected chi connectivity index (χ0v) is 13.5. The van der Waals surface area contributed by atoms with Gasteiger partial charge in [-0.2, -0.15) is 0 Å². The Morgan fingerprint density at radius 2 is 1.83 bits per heavy atom. The molecule has 0 aliphatic heterocycles. The SMILES string of the molecule is CCOC(Cc1ccccc1[N+](=O)[O-])OP(=O)([O-])OP(=O)([O-])[O-]. The molecule has 13 heteroatoms. The summed E-state index contributed by atoms with van der Waals surface area (Å²) in [7, 11) is -11.3. The fourth-order valence-electron chi connectivity index (χ4n) is 1.64. The second kappa shape index (κ2) is 8.09. The molecule has 0 amide bonds. The van der Waals surface area contributed by atoms with E-state index in [2.05, 4.69) is 8.83 Å². The van der Waals surface area contributed by atoms with Gasteiger partial charge >= 0.3 is 0 Å². The van der Waals surface area contributed by atoms with Gasteiger partial charge in [-0.1, -0.05) is 18.2 Å². The minimum absolute atomic E-state index is 0.0439. The van der Waals surface area contributed by atoms with Crippen LogP contribution in [0.25, 0.3) is 0 Å². The summed E-state index contributed by atoms with van der Waals surface area (Å²) in [6.07, 6.45) is -1.99. The first-order valence-corrected chi connectivity index (χ1v) is 9.03. The molecule has 1 aromatic carbocycles. The Hall–Kier alpha value is -1.16. The van der Waals surface area contributed by atoms with Crippen molar-refractivity contribution in [2.24, 2.45) is 0 Å². The molecule has 0 heterocycles. The van der Waals surface area contributed by atoms with Gasteiger partial charge in [0.15, 0.2) is 6.29 Å². The maximum atomic E-state index is 11.3. The molecule has 11 nitrogen and oxygen atoms in total. The molecule has 2 atom stereocenters. The molecule has 23 heavy (non-hydrogen) atoms. The van der Waals surface area contributed by atoms with Crippen LogP contribution in [-0.2, 0) is 29.1 Å². The first-order valence-electron chi connectivity index (χ1n) is 6.11. The predicted octanol–water partition coefficient (Wildman–Crippen LogP) is -0.170. The van der Waals surface area contributed by atoms with Crippen LogP contribution < -0.4 is 14.7 Å². The van der Waals surface area contributed by atoms with E-state index >= 15 is 0 Å². The van der Waals surface area contributed by atoms with Gasteiger partial charge in [0.25, 0.3) is 13.5 Å². The summed E-state index contributed by atoms with van der Waals surface area (Å²) in [5, 5.41) is 10.9. The smallest absolute Gasteiger partial charge is 0.274 e. The predicted molar refractivity (Wildman–Crippen MR) is 69.6 cm³/mol. The van der Waals surface area contributed by atoms with Crippen molar-refractivity contribution in [1.82, 2.24) is 0 Å². The van der Waals surface area contributed by atoms with E-state index in [1.807, 2.05) is 0 Å². The van der Waals surface area contributed by atoms with Gasteiger partial charge in [0.2, 0.25) is 0 Å². The number of phosphoric ester groups is 1. The van der Waals surface area contributed by atoms with Gasteiger partial charge in [0.1, 0.15) is 0 Å². The second-order valence-electron chi connectivity index (χ2n) is 4.06. The number of nitrogens with zero attached hydrogens (tertiary/aromatic N) is 1. The Kier molecular flexibility index (Phi) is 7.00. The van der Waals surface area contributed by atoms with Gasteiger partial charge in [-0.3, -0.25) is 23.5 Å². The zero-order chi connectivity index (χ0) is 17.7. The van der Waals surface area contributed by atoms with Gasteiger partial charge in [-0.25, -0.2) is 0 Å². The van der Waals surface area contributed by atoms with Gasteiger partial charge in [0.05, 0.1) is 12.7 Å². The third-order valence-electron chi connectivity index (χ3n) is 2.37. The van der Waals surface area contributed by atoms with Crippen molar-refractivity contribution in [1.29, 1.82) is 0 Å². The first kappa shape index (κ1) is 19.9. The minimum Gasteiger partial charge on any atom is -0.790 e. The van der Waals surface area contributed by atoms with Crippen molar-refractivity contribution in [3.8, 4) is 0 Å². The molecule has 0 aliphatic rings. The van der Waals surface area contributed by atoms with Crippen molar-refractivity contribution in [3.05, 3.63) is 39.9 Å². The third kappa shape index (κ3) is 7.30. The molecule has 0 radical (unpaired) electrons. The summed E-state index contributed by atoms with van der Waals surface area (Å²) >= 11 is 0. The van der Waals surface area contributed by atoms with Crippen LogP contribution >= 0.6 is 15.6 Å². The van der Waals surface area contributed by atoms with E-state index in [9.17, 15) is 33.9 Å². The molecule has 1 rings (SSSR count). The van der Waals surface area contributed by atoms with E-state index in [-0.39, 0.29) is 24.3 Å². The van der Waals surface area contributed by atoms with E-state index in [4.69, 9.17) is 4.74 Å². The number of rotatable bonds is 9. The van der Waals surface area contributed by atoms with Crippen molar-refractivity contribution < 1.29 is 42.3 Å². The molecular weight excluding hydrogens is 356 g/mol. The van der Waals surface area contributed by atoms with Crippen molar-refractivity contribution >= 4 is 21.3 Å². The Bertz CT molecular complexity index is 644. The molecule has 0 aliphatic carbocycles. The lowest BCUT2D eigenvalue weighted by atomic mass is 10.1. The van der Waals surface area contributed by atoms with Crippen LogP contribution in [0.2, 0.25) is 0 Å². The lowest BCUT2D eigenvalue weighted by Crippen LogP contribution is -2.25. The highest BCUT2D eigenvalue weighted by atomic mass is 31.3. The lowest BCUT2D eigenvalue weighted by Gasteiger charge is -2.36. The summed E-state index contributed by atoms with van der Waals surface area (Å²) < 4.78 is 34.3. The van der Waals surface area contributed by atoms with Crippen LogP contribution in [0.3, 0.4) is 0 Å². The van der Waals surface area contributed by atoms with Crippen LogP contribution in [-0.4, -0.2) is 17.8 Å². The Morgan fingerprint density at radius 3 is 2.35 bits per heavy atom. The summed E-state index contributed by atoms with van der Waals surface area (Å²) in [5.74, 6) is 0. The minimum atomic E-state index is -5.83. The number of para-hydroxylation sites is 1. The largest absolute Gasteiger partial charge is 0.790 e. The summed E-state index contributed by atoms with van der Waals surface area (Å²) in [4.78, 5) is 42.3. The standard InChI is InChI=1S/C10H15NO10P2/c1-2-19-10(20-23(17,18)21-22(14,15)16)7-8-5-3-4-6-9(8)11(12)13/h3-6,10H,2,7H2,1H3,(H,17,18)(H2,14,15,16)/p-3. The number of nitro groups is 1. The maximum absolute atomic E-state index is 11.3. The van der Waals surface area contributed by atoms with Crippen LogP contribution in [0.1, 0.15) is 12.5 Å². The van der Waals surface area contributed by atoms with Crippen molar-refractivity contribution in [2.75, 3.05) is 6.61 Å². The monoisotopic (exact) mass is 368 g/mol. The number of hydrogen-bond acceptors (Lipinski definition) is 10. The van der Waals surface area contributed by atoms with Gasteiger partial charge in [-0.15, -0.1) is 0 Å². The highest BCUT2D eigenvalue weighted by Crippen LogP contribution is 2.51. The molecule has 0 N–H and O–H groups in total. The lowest BCUT2D eigenvalue weighted by molar-refractivity contribution is -0.385. The van der Waals surface area contributed by atoms with Gasteiger partial charge in [-0.05, 0) is 6.92 Å². The normalized spacial score (nSPS) is 15.8. The molecule has 0 bridgehead atoms. The van der Waals surface area contributed by atoms with Crippen LogP contribution in [0.4, 0.5) is 5.69 Å². The highest BCUT2D eigenvalue weighted by Gasteiger charge is 2.23. The Morgan fingerprint density at radius 1 is 1.22 bits per heavy atom. The molecule has 0 saturated heterocycles. The molecular formula is C10H12NO10P2-3. The number of phosphoric acid groups is 2. The number of hydrogen-bond donors (Lipinski definition) is 0. The maximum Gasteiger partial charge on any atom is 0.274 e. The van der Waals surface area contributed by atoms with Crippen LogP contribution in [0, 0.1) is 10.1 Å². The van der Waals surface area contributed by atoms with E-state index < -0.39 is 26.9 Å². The summed E-state index contributed by atoms with van der Waals surface area (Å²) in [6.45, 7) is 1.44. The average molecular weight is 368 g/mol. The molecule has 2 unspecified atom stereocenters. The number of ether oxygens (including phenoxy) is 1. The number of nitro benzene ring substituents is 1. The van der Waals surface area contributed by atoms with Crippen LogP contribution in [0.15, 0.2) is 24.3 Å².